The minimum atomic E-state index is -0.00669. The molecule has 1 amide bonds. The Morgan fingerprint density at radius 1 is 1.48 bits per heavy atom. The van der Waals surface area contributed by atoms with Gasteiger partial charge in [0.05, 0.1) is 20.9 Å². The summed E-state index contributed by atoms with van der Waals surface area (Å²) in [4.78, 5) is 20.0. The predicted octanol–water partition coefficient (Wildman–Crippen LogP) is 3.94. The smallest absolute Gasteiger partial charge is 0.251 e. The van der Waals surface area contributed by atoms with Gasteiger partial charge >= 0.3 is 0 Å². The van der Waals surface area contributed by atoms with E-state index < -0.39 is 0 Å². The number of nitrogens with two attached hydrogens (primary N) is 1. The number of aliphatic imine (C=N–C) groups is 1. The van der Waals surface area contributed by atoms with Gasteiger partial charge in [0, 0.05) is 25.0 Å². The Labute approximate surface area is 149 Å². The van der Waals surface area contributed by atoms with Crippen LogP contribution in [0, 0.1) is 11.8 Å². The first-order valence-electron chi connectivity index (χ1n) is 7.63. The third-order valence-corrected chi connectivity index (χ3v) is 4.85. The Kier molecular flexibility index (Phi) is 6.43. The molecule has 122 valence electrons. The molecule has 23 heavy (non-hydrogen) atoms. The van der Waals surface area contributed by atoms with E-state index in [0.717, 1.165) is 27.2 Å². The van der Waals surface area contributed by atoms with E-state index in [2.05, 4.69) is 39.7 Å². The van der Waals surface area contributed by atoms with E-state index in [1.807, 2.05) is 19.1 Å². The molecule has 0 unspecified atom stereocenters. The topological polar surface area (TPSA) is 58.7 Å². The number of fused-ring (bicyclic) bond motifs is 1. The van der Waals surface area contributed by atoms with Gasteiger partial charge in [-0.2, -0.15) is 0 Å². The number of rotatable bonds is 4. The van der Waals surface area contributed by atoms with Crippen LogP contribution in [0.25, 0.3) is 6.08 Å². The van der Waals surface area contributed by atoms with Crippen LogP contribution in [0.5, 0.6) is 0 Å². The van der Waals surface area contributed by atoms with E-state index in [4.69, 9.17) is 5.73 Å². The van der Waals surface area contributed by atoms with Crippen LogP contribution in [0.4, 0.5) is 5.69 Å². The number of nitrogens with zero attached hydrogens (tertiary/aromatic N) is 2. The van der Waals surface area contributed by atoms with Crippen LogP contribution in [0.1, 0.15) is 38.0 Å². The fourth-order valence-electron chi connectivity index (χ4n) is 2.29. The van der Waals surface area contributed by atoms with Crippen LogP contribution in [0.2, 0.25) is 0 Å². The lowest BCUT2D eigenvalue weighted by atomic mass is 10.1. The monoisotopic (exact) mass is 393 g/mol. The molecule has 0 atom stereocenters. The number of halogens is 1. The maximum absolute atomic E-state index is 12.9. The van der Waals surface area contributed by atoms with Gasteiger partial charge < -0.3 is 10.6 Å². The van der Waals surface area contributed by atoms with E-state index in [1.54, 1.807) is 16.2 Å². The molecule has 0 spiro atoms. The van der Waals surface area contributed by atoms with Crippen molar-refractivity contribution in [3.63, 3.8) is 0 Å². The van der Waals surface area contributed by atoms with Crippen molar-refractivity contribution in [2.75, 3.05) is 13.1 Å². The van der Waals surface area contributed by atoms with Gasteiger partial charge in [0.2, 0.25) is 0 Å². The van der Waals surface area contributed by atoms with Crippen molar-refractivity contribution in [2.24, 2.45) is 10.7 Å². The zero-order valence-corrected chi connectivity index (χ0v) is 15.8. The number of hydrogen-bond acceptors (Lipinski definition) is 4. The minimum absolute atomic E-state index is 0.00669. The van der Waals surface area contributed by atoms with Gasteiger partial charge in [-0.15, -0.1) is 17.3 Å². The largest absolute Gasteiger partial charge is 0.387 e. The summed E-state index contributed by atoms with van der Waals surface area (Å²) in [6, 6.07) is 1.92. The molecule has 0 saturated carbocycles. The van der Waals surface area contributed by atoms with E-state index in [1.165, 1.54) is 0 Å². The molecule has 0 aliphatic carbocycles. The Morgan fingerprint density at radius 2 is 2.26 bits per heavy atom. The van der Waals surface area contributed by atoms with Crippen molar-refractivity contribution in [3.05, 3.63) is 20.3 Å². The highest BCUT2D eigenvalue weighted by molar-refractivity contribution is 9.11. The molecule has 2 heterocycles. The third kappa shape index (κ3) is 4.69. The van der Waals surface area contributed by atoms with Crippen molar-refractivity contribution in [1.82, 2.24) is 4.90 Å². The molecule has 0 radical (unpaired) electrons. The van der Waals surface area contributed by atoms with Crippen LogP contribution in [-0.4, -0.2) is 29.7 Å². The molecule has 4 nitrogen and oxygen atoms in total. The number of amides is 1. The highest BCUT2D eigenvalue weighted by Gasteiger charge is 2.21. The van der Waals surface area contributed by atoms with Crippen LogP contribution in [0.15, 0.2) is 20.4 Å². The Bertz CT molecular complexity index is 709. The lowest BCUT2D eigenvalue weighted by Gasteiger charge is -2.21. The summed E-state index contributed by atoms with van der Waals surface area (Å²) in [5, 5.41) is 0. The lowest BCUT2D eigenvalue weighted by Crippen LogP contribution is -2.34. The summed E-state index contributed by atoms with van der Waals surface area (Å²) >= 11 is 5.01. The van der Waals surface area contributed by atoms with Crippen molar-refractivity contribution < 1.29 is 4.79 Å². The summed E-state index contributed by atoms with van der Waals surface area (Å²) in [7, 11) is 0. The quantitative estimate of drug-likeness (QED) is 0.787. The zero-order chi connectivity index (χ0) is 16.8. The highest BCUT2D eigenvalue weighted by Crippen LogP contribution is 2.37. The second-order valence-corrected chi connectivity index (χ2v) is 7.65. The van der Waals surface area contributed by atoms with Crippen molar-refractivity contribution in [1.29, 1.82) is 0 Å². The maximum Gasteiger partial charge on any atom is 0.251 e. The summed E-state index contributed by atoms with van der Waals surface area (Å²) in [5.74, 6) is 6.53. The second kappa shape index (κ2) is 8.32. The Morgan fingerprint density at radius 3 is 2.96 bits per heavy atom. The van der Waals surface area contributed by atoms with Crippen molar-refractivity contribution in [3.8, 4) is 11.8 Å². The fourth-order valence-corrected chi connectivity index (χ4v) is 3.82. The van der Waals surface area contributed by atoms with Gasteiger partial charge in [0.15, 0.2) is 0 Å². The van der Waals surface area contributed by atoms with E-state index in [-0.39, 0.29) is 5.91 Å². The highest BCUT2D eigenvalue weighted by atomic mass is 79.9. The number of carbonyl (C=O) groups excluding carboxylic acids is 1. The standard InChI is InChI=1S/C17H20BrN3OS/c1-3-5-6-8-21(7-4-2)17(22)12-9-14-13(11-15(18)23-14)20-16(19)10-12/h9,11H,3-4,7-8,10H2,1-2H3,(H2,19,20). The lowest BCUT2D eigenvalue weighted by molar-refractivity contribution is -0.126. The zero-order valence-electron chi connectivity index (χ0n) is 13.4. The van der Waals surface area contributed by atoms with Crippen molar-refractivity contribution >= 4 is 50.8 Å². The summed E-state index contributed by atoms with van der Waals surface area (Å²) in [5.41, 5.74) is 7.47. The predicted molar refractivity (Wildman–Crippen MR) is 101 cm³/mol. The molecule has 0 aromatic carbocycles. The van der Waals surface area contributed by atoms with Crippen molar-refractivity contribution in [2.45, 2.75) is 33.1 Å². The molecule has 1 aliphatic rings. The number of carbonyl (C=O) groups is 1. The molecule has 6 heteroatoms. The Balaban J connectivity index is 2.29. The molecule has 1 aromatic rings. The molecule has 0 saturated heterocycles. The third-order valence-electron chi connectivity index (χ3n) is 3.28. The normalized spacial score (nSPS) is 13.2. The number of hydrogen-bond donors (Lipinski definition) is 1. The average molecular weight is 394 g/mol. The number of amidine groups is 1. The fraction of sp³-hybridized carbons (Fsp3) is 0.412. The van der Waals surface area contributed by atoms with E-state index in [0.29, 0.717) is 30.9 Å². The maximum atomic E-state index is 12.9. The second-order valence-electron chi connectivity index (χ2n) is 5.18. The molecule has 1 aliphatic heterocycles. The van der Waals surface area contributed by atoms with E-state index >= 15 is 0 Å². The van der Waals surface area contributed by atoms with E-state index in [9.17, 15) is 4.79 Å². The molecular weight excluding hydrogens is 374 g/mol. The van der Waals surface area contributed by atoms with Crippen LogP contribution >= 0.6 is 27.3 Å². The van der Waals surface area contributed by atoms with Gasteiger partial charge in [0.1, 0.15) is 5.84 Å². The molecule has 2 rings (SSSR count). The van der Waals surface area contributed by atoms with Gasteiger partial charge in [0.25, 0.3) is 5.91 Å². The number of thiophene rings is 1. The molecule has 1 aromatic heterocycles. The molecule has 2 N–H and O–H groups in total. The average Bonchev–Trinajstić information content (AvgIpc) is 2.76. The molecule has 0 bridgehead atoms. The summed E-state index contributed by atoms with van der Waals surface area (Å²) < 4.78 is 0.975. The first kappa shape index (κ1) is 17.8. The van der Waals surface area contributed by atoms with Gasteiger partial charge in [-0.3, -0.25) is 4.79 Å². The first-order valence-corrected chi connectivity index (χ1v) is 9.24. The SMILES string of the molecule is CCC#CCN(CCC)C(=O)C1=Cc2sc(Br)cc2N=C(N)C1. The van der Waals surface area contributed by atoms with Crippen LogP contribution < -0.4 is 5.73 Å². The van der Waals surface area contributed by atoms with Crippen LogP contribution in [0.3, 0.4) is 0 Å². The minimum Gasteiger partial charge on any atom is -0.387 e. The van der Waals surface area contributed by atoms with Gasteiger partial charge in [-0.25, -0.2) is 4.99 Å². The van der Waals surface area contributed by atoms with Gasteiger partial charge in [-0.05, 0) is 34.5 Å². The summed E-state index contributed by atoms with van der Waals surface area (Å²) in [6.07, 6.45) is 3.97. The van der Waals surface area contributed by atoms with Gasteiger partial charge in [-0.1, -0.05) is 19.8 Å². The van der Waals surface area contributed by atoms with Crippen LogP contribution in [-0.2, 0) is 4.79 Å². The Hall–Kier alpha value is -1.58. The summed E-state index contributed by atoms with van der Waals surface area (Å²) in [6.45, 7) is 5.20. The molecule has 0 fully saturated rings. The molecular formula is C17H20BrN3OS. The first-order chi connectivity index (χ1) is 11.0.